The minimum atomic E-state index is -4.55. The van der Waals surface area contributed by atoms with E-state index in [-0.39, 0.29) is 11.8 Å². The molecule has 132 valence electrons. The Kier molecular flexibility index (Phi) is 3.99. The predicted octanol–water partition coefficient (Wildman–Crippen LogP) is 5.08. The van der Waals surface area contributed by atoms with E-state index in [4.69, 9.17) is 0 Å². The first kappa shape index (κ1) is 16.4. The molecule has 4 nitrogen and oxygen atoms in total. The summed E-state index contributed by atoms with van der Waals surface area (Å²) < 4.78 is 40.0. The van der Waals surface area contributed by atoms with Crippen molar-refractivity contribution in [2.24, 2.45) is 0 Å². The van der Waals surface area contributed by atoms with Crippen LogP contribution in [-0.4, -0.2) is 9.97 Å². The number of rotatable bonds is 0. The van der Waals surface area contributed by atoms with Gasteiger partial charge >= 0.3 is 6.18 Å². The van der Waals surface area contributed by atoms with Crippen LogP contribution in [-0.2, 0) is 19.0 Å². The molecule has 0 aliphatic carbocycles. The topological polar surface area (TPSA) is 49.8 Å². The molecule has 0 saturated carbocycles. The van der Waals surface area contributed by atoms with Gasteiger partial charge in [0.15, 0.2) is 0 Å². The molecule has 0 unspecified atom stereocenters. The molecule has 4 rings (SSSR count). The third-order valence-corrected chi connectivity index (χ3v) is 4.17. The molecule has 1 aromatic heterocycles. The monoisotopic (exact) mass is 356 g/mol. The van der Waals surface area contributed by atoms with Crippen molar-refractivity contribution in [1.29, 1.82) is 0 Å². The van der Waals surface area contributed by atoms with Crippen molar-refractivity contribution in [3.05, 3.63) is 71.4 Å². The molecule has 0 saturated heterocycles. The molecule has 26 heavy (non-hydrogen) atoms. The van der Waals surface area contributed by atoms with Crippen LogP contribution in [0.25, 0.3) is 0 Å². The first-order chi connectivity index (χ1) is 12.5. The van der Waals surface area contributed by atoms with Crippen molar-refractivity contribution >= 4 is 23.1 Å². The van der Waals surface area contributed by atoms with E-state index in [9.17, 15) is 13.2 Å². The van der Waals surface area contributed by atoms with Crippen LogP contribution in [0.15, 0.2) is 54.7 Å². The average molecular weight is 356 g/mol. The lowest BCUT2D eigenvalue weighted by Crippen LogP contribution is -2.12. The van der Waals surface area contributed by atoms with Crippen molar-refractivity contribution in [2.75, 3.05) is 10.6 Å². The average Bonchev–Trinajstić information content (AvgIpc) is 2.59. The number of fused-ring (bicyclic) bond motifs is 6. The van der Waals surface area contributed by atoms with E-state index in [1.807, 2.05) is 42.5 Å². The number of hydrogen-bond acceptors (Lipinski definition) is 4. The molecular weight excluding hydrogens is 341 g/mol. The highest BCUT2D eigenvalue weighted by Crippen LogP contribution is 2.35. The van der Waals surface area contributed by atoms with Crippen LogP contribution in [0.5, 0.6) is 0 Å². The summed E-state index contributed by atoms with van der Waals surface area (Å²) in [7, 11) is 0. The van der Waals surface area contributed by atoms with E-state index in [2.05, 4.69) is 20.6 Å². The zero-order chi connectivity index (χ0) is 18.1. The minimum absolute atomic E-state index is 0.105. The van der Waals surface area contributed by atoms with Crippen molar-refractivity contribution in [3.63, 3.8) is 0 Å². The summed E-state index contributed by atoms with van der Waals surface area (Å²) >= 11 is 0. The zero-order valence-electron chi connectivity index (χ0n) is 13.6. The van der Waals surface area contributed by atoms with Crippen LogP contribution >= 0.6 is 0 Å². The normalized spacial score (nSPS) is 13.5. The maximum Gasteiger partial charge on any atom is 0.421 e. The lowest BCUT2D eigenvalue weighted by atomic mass is 10.0. The van der Waals surface area contributed by atoms with Crippen molar-refractivity contribution < 1.29 is 13.2 Å². The number of alkyl halides is 3. The number of hydrogen-bond donors (Lipinski definition) is 2. The second-order valence-electron chi connectivity index (χ2n) is 6.10. The Labute approximate surface area is 148 Å². The second-order valence-corrected chi connectivity index (χ2v) is 6.10. The molecule has 1 aliphatic rings. The maximum atomic E-state index is 13.3. The van der Waals surface area contributed by atoms with E-state index in [0.717, 1.165) is 35.9 Å². The number of aromatic nitrogens is 2. The number of halogens is 3. The molecule has 0 amide bonds. The number of nitrogens with zero attached hydrogens (tertiary/aromatic N) is 2. The molecule has 7 heteroatoms. The summed E-state index contributed by atoms with van der Waals surface area (Å²) in [6, 6.07) is 15.1. The maximum absolute atomic E-state index is 13.3. The highest BCUT2D eigenvalue weighted by atomic mass is 19.4. The fraction of sp³-hybridized carbons (Fsp3) is 0.158. The standard InChI is InChI=1S/C19H15F3N4/c20-19(21,22)16-11-23-18-25-15-6-2-4-13(10-15)8-7-12-3-1-5-14(9-12)24-17(16)26-18/h1-6,9-11H,7-8H2,(H2,23,24,25,26). The Morgan fingerprint density at radius 1 is 0.846 bits per heavy atom. The van der Waals surface area contributed by atoms with Gasteiger partial charge in [0.2, 0.25) is 5.95 Å². The zero-order valence-corrected chi connectivity index (χ0v) is 13.6. The van der Waals surface area contributed by atoms with Crippen LogP contribution in [0.1, 0.15) is 16.7 Å². The largest absolute Gasteiger partial charge is 0.421 e. The Bertz CT molecular complexity index is 954. The number of nitrogens with one attached hydrogen (secondary N) is 2. The van der Waals surface area contributed by atoms with E-state index < -0.39 is 11.7 Å². The molecule has 2 heterocycles. The molecule has 2 aromatic carbocycles. The molecule has 2 N–H and O–H groups in total. The lowest BCUT2D eigenvalue weighted by Gasteiger charge is -2.15. The Morgan fingerprint density at radius 3 is 2.08 bits per heavy atom. The van der Waals surface area contributed by atoms with Crippen LogP contribution in [0.4, 0.5) is 36.3 Å². The molecular formula is C19H15F3N4. The van der Waals surface area contributed by atoms with Gasteiger partial charge in [-0.05, 0) is 48.2 Å². The van der Waals surface area contributed by atoms with Gasteiger partial charge < -0.3 is 10.6 Å². The first-order valence-corrected chi connectivity index (χ1v) is 8.13. The van der Waals surface area contributed by atoms with Crippen LogP contribution in [0, 0.1) is 0 Å². The van der Waals surface area contributed by atoms with E-state index >= 15 is 0 Å². The summed E-state index contributed by atoms with van der Waals surface area (Å²) in [6.45, 7) is 0. The summed E-state index contributed by atoms with van der Waals surface area (Å²) in [5, 5.41) is 5.77. The predicted molar refractivity (Wildman–Crippen MR) is 93.9 cm³/mol. The molecule has 0 radical (unpaired) electrons. The van der Waals surface area contributed by atoms with E-state index in [1.54, 1.807) is 6.07 Å². The van der Waals surface area contributed by atoms with E-state index in [1.165, 1.54) is 0 Å². The molecule has 0 spiro atoms. The lowest BCUT2D eigenvalue weighted by molar-refractivity contribution is -0.137. The summed E-state index contributed by atoms with van der Waals surface area (Å²) in [6.07, 6.45) is -2.14. The fourth-order valence-corrected chi connectivity index (χ4v) is 2.91. The van der Waals surface area contributed by atoms with Crippen molar-refractivity contribution in [3.8, 4) is 0 Å². The quantitative estimate of drug-likeness (QED) is 0.590. The third kappa shape index (κ3) is 3.46. The molecule has 6 bridgehead atoms. The molecule has 0 fully saturated rings. The van der Waals surface area contributed by atoms with Crippen molar-refractivity contribution in [1.82, 2.24) is 9.97 Å². The summed E-state index contributed by atoms with van der Waals surface area (Å²) in [4.78, 5) is 7.89. The Balaban J connectivity index is 1.85. The van der Waals surface area contributed by atoms with Gasteiger partial charge in [-0.2, -0.15) is 18.2 Å². The highest BCUT2D eigenvalue weighted by molar-refractivity contribution is 5.63. The Morgan fingerprint density at radius 2 is 1.46 bits per heavy atom. The van der Waals surface area contributed by atoms with E-state index in [0.29, 0.717) is 5.69 Å². The Hall–Kier alpha value is -3.09. The van der Waals surface area contributed by atoms with Crippen LogP contribution in [0.3, 0.4) is 0 Å². The van der Waals surface area contributed by atoms with Gasteiger partial charge in [0.1, 0.15) is 11.4 Å². The van der Waals surface area contributed by atoms with Gasteiger partial charge in [0, 0.05) is 17.6 Å². The molecule has 0 atom stereocenters. The van der Waals surface area contributed by atoms with Gasteiger partial charge in [0.05, 0.1) is 0 Å². The van der Waals surface area contributed by atoms with Crippen molar-refractivity contribution in [2.45, 2.75) is 19.0 Å². The fourth-order valence-electron chi connectivity index (χ4n) is 2.91. The van der Waals surface area contributed by atoms with Gasteiger partial charge in [-0.3, -0.25) is 0 Å². The first-order valence-electron chi connectivity index (χ1n) is 8.13. The van der Waals surface area contributed by atoms with Crippen LogP contribution in [0.2, 0.25) is 0 Å². The number of aryl methyl sites for hydroxylation is 2. The molecule has 3 aromatic rings. The summed E-state index contributed by atoms with van der Waals surface area (Å²) in [5.74, 6) is -0.171. The minimum Gasteiger partial charge on any atom is -0.340 e. The molecule has 1 aliphatic heterocycles. The summed E-state index contributed by atoms with van der Waals surface area (Å²) in [5.41, 5.74) is 2.55. The van der Waals surface area contributed by atoms with Gasteiger partial charge in [-0.15, -0.1) is 0 Å². The van der Waals surface area contributed by atoms with Gasteiger partial charge in [0.25, 0.3) is 0 Å². The number of benzene rings is 2. The highest BCUT2D eigenvalue weighted by Gasteiger charge is 2.35. The van der Waals surface area contributed by atoms with Gasteiger partial charge in [-0.25, -0.2) is 4.98 Å². The third-order valence-electron chi connectivity index (χ3n) is 4.17. The SMILES string of the molecule is FC(F)(F)c1cnc2nc1Nc1cccc(c1)CCc1cccc(c1)N2. The number of anilines is 4. The van der Waals surface area contributed by atoms with Crippen LogP contribution < -0.4 is 10.6 Å². The smallest absolute Gasteiger partial charge is 0.340 e. The second kappa shape index (κ2) is 6.33. The van der Waals surface area contributed by atoms with Gasteiger partial charge in [-0.1, -0.05) is 24.3 Å².